The van der Waals surface area contributed by atoms with Gasteiger partial charge in [-0.3, -0.25) is 0 Å². The Morgan fingerprint density at radius 3 is 2.95 bits per heavy atom. The molecule has 0 spiro atoms. The molecule has 0 amide bonds. The predicted octanol–water partition coefficient (Wildman–Crippen LogP) is -0.309. The summed E-state index contributed by atoms with van der Waals surface area (Å²) in [5.41, 5.74) is 5.91. The average Bonchev–Trinajstić information content (AvgIpc) is 2.52. The SMILES string of the molecule is NCC#Cc1cccc(S(=O)(=O)NCC2COCCO2)c1. The van der Waals surface area contributed by atoms with Gasteiger partial charge in [-0.15, -0.1) is 0 Å². The molecule has 0 radical (unpaired) electrons. The van der Waals surface area contributed by atoms with E-state index in [2.05, 4.69) is 16.6 Å². The first-order valence-electron chi connectivity index (χ1n) is 6.60. The highest BCUT2D eigenvalue weighted by Gasteiger charge is 2.19. The zero-order chi connectivity index (χ0) is 15.1. The van der Waals surface area contributed by atoms with E-state index in [1.165, 1.54) is 12.1 Å². The number of nitrogens with two attached hydrogens (primary N) is 1. The van der Waals surface area contributed by atoms with E-state index >= 15 is 0 Å². The van der Waals surface area contributed by atoms with E-state index in [4.69, 9.17) is 15.2 Å². The van der Waals surface area contributed by atoms with E-state index < -0.39 is 10.0 Å². The summed E-state index contributed by atoms with van der Waals surface area (Å²) in [6.07, 6.45) is -0.256. The molecule has 2 rings (SSSR count). The van der Waals surface area contributed by atoms with Crippen molar-refractivity contribution >= 4 is 10.0 Å². The van der Waals surface area contributed by atoms with Crippen molar-refractivity contribution in [1.29, 1.82) is 0 Å². The molecule has 21 heavy (non-hydrogen) atoms. The Morgan fingerprint density at radius 1 is 1.38 bits per heavy atom. The van der Waals surface area contributed by atoms with Gasteiger partial charge in [-0.2, -0.15) is 0 Å². The summed E-state index contributed by atoms with van der Waals surface area (Å²) < 4.78 is 37.6. The summed E-state index contributed by atoms with van der Waals surface area (Å²) in [6, 6.07) is 6.42. The van der Waals surface area contributed by atoms with Crippen molar-refractivity contribution in [2.45, 2.75) is 11.0 Å². The van der Waals surface area contributed by atoms with Crippen LogP contribution in [0.3, 0.4) is 0 Å². The highest BCUT2D eigenvalue weighted by atomic mass is 32.2. The topological polar surface area (TPSA) is 90.7 Å². The van der Waals surface area contributed by atoms with Crippen LogP contribution in [-0.4, -0.2) is 47.4 Å². The van der Waals surface area contributed by atoms with Crippen molar-refractivity contribution in [3.63, 3.8) is 0 Å². The summed E-state index contributed by atoms with van der Waals surface area (Å²) in [5, 5.41) is 0. The van der Waals surface area contributed by atoms with E-state index in [0.29, 0.717) is 25.4 Å². The molecule has 1 saturated heterocycles. The Bertz CT molecular complexity index is 628. The molecule has 7 heteroatoms. The molecule has 0 bridgehead atoms. The zero-order valence-electron chi connectivity index (χ0n) is 11.5. The fourth-order valence-electron chi connectivity index (χ4n) is 1.83. The molecule has 1 heterocycles. The van der Waals surface area contributed by atoms with Gasteiger partial charge in [0.2, 0.25) is 10.0 Å². The van der Waals surface area contributed by atoms with Gasteiger partial charge in [0.1, 0.15) is 0 Å². The van der Waals surface area contributed by atoms with Gasteiger partial charge in [0, 0.05) is 12.1 Å². The lowest BCUT2D eigenvalue weighted by Gasteiger charge is -2.23. The van der Waals surface area contributed by atoms with E-state index in [9.17, 15) is 8.42 Å². The van der Waals surface area contributed by atoms with Crippen LogP contribution < -0.4 is 10.5 Å². The van der Waals surface area contributed by atoms with Crippen molar-refractivity contribution in [2.75, 3.05) is 32.9 Å². The first-order valence-corrected chi connectivity index (χ1v) is 8.08. The second kappa shape index (κ2) is 7.54. The maximum absolute atomic E-state index is 12.2. The lowest BCUT2D eigenvalue weighted by molar-refractivity contribution is -0.0846. The maximum Gasteiger partial charge on any atom is 0.240 e. The fourth-order valence-corrected chi connectivity index (χ4v) is 2.95. The quantitative estimate of drug-likeness (QED) is 0.745. The summed E-state index contributed by atoms with van der Waals surface area (Å²) in [4.78, 5) is 0.169. The Balaban J connectivity index is 2.04. The van der Waals surface area contributed by atoms with Crippen molar-refractivity contribution < 1.29 is 17.9 Å². The van der Waals surface area contributed by atoms with E-state index in [0.717, 1.165) is 0 Å². The molecule has 1 aromatic rings. The largest absolute Gasteiger partial charge is 0.376 e. The van der Waals surface area contributed by atoms with Crippen molar-refractivity contribution in [3.05, 3.63) is 29.8 Å². The fraction of sp³-hybridized carbons (Fsp3) is 0.429. The van der Waals surface area contributed by atoms with Crippen LogP contribution in [0.15, 0.2) is 29.2 Å². The van der Waals surface area contributed by atoms with Crippen LogP contribution >= 0.6 is 0 Å². The molecule has 0 saturated carbocycles. The normalized spacial score (nSPS) is 18.8. The highest BCUT2D eigenvalue weighted by Crippen LogP contribution is 2.11. The maximum atomic E-state index is 12.2. The van der Waals surface area contributed by atoms with E-state index in [1.54, 1.807) is 12.1 Å². The Morgan fingerprint density at radius 2 is 2.24 bits per heavy atom. The Kier molecular flexibility index (Phi) is 5.73. The zero-order valence-corrected chi connectivity index (χ0v) is 12.4. The number of sulfonamides is 1. The Hall–Kier alpha value is -1.43. The number of hydrogen-bond acceptors (Lipinski definition) is 5. The summed E-state index contributed by atoms with van der Waals surface area (Å²) in [5.74, 6) is 5.50. The second-order valence-corrected chi connectivity index (χ2v) is 6.22. The molecule has 3 N–H and O–H groups in total. The number of benzene rings is 1. The van der Waals surface area contributed by atoms with Gasteiger partial charge in [-0.1, -0.05) is 17.9 Å². The number of hydrogen-bond donors (Lipinski definition) is 2. The minimum Gasteiger partial charge on any atom is -0.376 e. The van der Waals surface area contributed by atoms with Gasteiger partial charge in [0.25, 0.3) is 0 Å². The third-order valence-corrected chi connectivity index (χ3v) is 4.29. The predicted molar refractivity (Wildman–Crippen MR) is 78.1 cm³/mol. The molecule has 1 aliphatic heterocycles. The Labute approximate surface area is 124 Å². The van der Waals surface area contributed by atoms with Gasteiger partial charge in [0.05, 0.1) is 37.4 Å². The van der Waals surface area contributed by atoms with E-state index in [1.807, 2.05) is 0 Å². The molecule has 114 valence electrons. The van der Waals surface area contributed by atoms with Crippen LogP contribution in [0.5, 0.6) is 0 Å². The lowest BCUT2D eigenvalue weighted by atomic mass is 10.2. The van der Waals surface area contributed by atoms with Crippen LogP contribution in [0.4, 0.5) is 0 Å². The average molecular weight is 310 g/mol. The number of rotatable bonds is 4. The minimum absolute atomic E-state index is 0.169. The van der Waals surface area contributed by atoms with Crippen LogP contribution in [0.1, 0.15) is 5.56 Å². The van der Waals surface area contributed by atoms with Gasteiger partial charge in [-0.25, -0.2) is 13.1 Å². The summed E-state index contributed by atoms with van der Waals surface area (Å²) in [6.45, 7) is 1.83. The van der Waals surface area contributed by atoms with Gasteiger partial charge >= 0.3 is 0 Å². The molecular formula is C14H18N2O4S. The van der Waals surface area contributed by atoms with E-state index in [-0.39, 0.29) is 24.1 Å². The lowest BCUT2D eigenvalue weighted by Crippen LogP contribution is -2.39. The monoisotopic (exact) mass is 310 g/mol. The highest BCUT2D eigenvalue weighted by molar-refractivity contribution is 7.89. The summed E-state index contributed by atoms with van der Waals surface area (Å²) in [7, 11) is -3.59. The third kappa shape index (κ3) is 4.81. The molecular weight excluding hydrogens is 292 g/mol. The molecule has 0 aliphatic carbocycles. The van der Waals surface area contributed by atoms with Gasteiger partial charge in [0.15, 0.2) is 0 Å². The smallest absolute Gasteiger partial charge is 0.240 e. The van der Waals surface area contributed by atoms with Crippen molar-refractivity contribution in [3.8, 4) is 11.8 Å². The van der Waals surface area contributed by atoms with Crippen molar-refractivity contribution in [1.82, 2.24) is 4.72 Å². The molecule has 1 aliphatic rings. The molecule has 1 fully saturated rings. The second-order valence-electron chi connectivity index (χ2n) is 4.45. The van der Waals surface area contributed by atoms with Crippen LogP contribution in [0, 0.1) is 11.8 Å². The molecule has 1 atom stereocenters. The van der Waals surface area contributed by atoms with Crippen molar-refractivity contribution in [2.24, 2.45) is 5.73 Å². The molecule has 6 nitrogen and oxygen atoms in total. The number of nitrogens with one attached hydrogen (secondary N) is 1. The molecule has 1 unspecified atom stereocenters. The third-order valence-electron chi connectivity index (χ3n) is 2.87. The van der Waals surface area contributed by atoms with Crippen LogP contribution in [0.2, 0.25) is 0 Å². The van der Waals surface area contributed by atoms with Gasteiger partial charge in [-0.05, 0) is 18.2 Å². The van der Waals surface area contributed by atoms with Gasteiger partial charge < -0.3 is 15.2 Å². The standard InChI is InChI=1S/C14H18N2O4S/c15-6-2-4-12-3-1-5-14(9-12)21(17,18)16-10-13-11-19-7-8-20-13/h1,3,5,9,13,16H,6-8,10-11,15H2. The minimum atomic E-state index is -3.59. The summed E-state index contributed by atoms with van der Waals surface area (Å²) >= 11 is 0. The van der Waals surface area contributed by atoms with Crippen LogP contribution in [0.25, 0.3) is 0 Å². The number of ether oxygens (including phenoxy) is 2. The first kappa shape index (κ1) is 15.9. The molecule has 0 aromatic heterocycles. The van der Waals surface area contributed by atoms with Crippen LogP contribution in [-0.2, 0) is 19.5 Å². The first-order chi connectivity index (χ1) is 10.1. The molecule has 1 aromatic carbocycles.